The fourth-order valence-electron chi connectivity index (χ4n) is 1.25. The van der Waals surface area contributed by atoms with Gasteiger partial charge >= 0.3 is 0 Å². The molecule has 1 aromatic rings. The summed E-state index contributed by atoms with van der Waals surface area (Å²) < 4.78 is 5.48. The van der Waals surface area contributed by atoms with Crippen LogP contribution in [0.2, 0.25) is 0 Å². The van der Waals surface area contributed by atoms with Crippen LogP contribution in [0.15, 0.2) is 12.4 Å². The molecule has 1 aliphatic carbocycles. The third-order valence-corrected chi connectivity index (χ3v) is 2.36. The average molecular weight is 207 g/mol. The highest BCUT2D eigenvalue weighted by Crippen LogP contribution is 2.28. The van der Waals surface area contributed by atoms with Gasteiger partial charge in [-0.2, -0.15) is 0 Å². The maximum absolute atomic E-state index is 5.48. The number of aromatic nitrogens is 2. The quantitative estimate of drug-likeness (QED) is 0.720. The Morgan fingerprint density at radius 1 is 1.40 bits per heavy atom. The Morgan fingerprint density at radius 2 is 2.13 bits per heavy atom. The zero-order valence-electron chi connectivity index (χ0n) is 9.07. The molecule has 2 rings (SSSR count). The minimum atomic E-state index is 0.677. The van der Waals surface area contributed by atoms with Crippen molar-refractivity contribution in [3.05, 3.63) is 18.0 Å². The van der Waals surface area contributed by atoms with Crippen molar-refractivity contribution in [3.63, 3.8) is 0 Å². The van der Waals surface area contributed by atoms with Crippen molar-refractivity contribution in [2.75, 3.05) is 25.1 Å². The fraction of sp³-hybridized carbons (Fsp3) is 0.636. The van der Waals surface area contributed by atoms with E-state index >= 15 is 0 Å². The number of rotatable bonds is 6. The van der Waals surface area contributed by atoms with Crippen LogP contribution in [0.5, 0.6) is 0 Å². The molecule has 15 heavy (non-hydrogen) atoms. The van der Waals surface area contributed by atoms with Crippen LogP contribution in [0, 0.1) is 12.8 Å². The molecule has 1 aromatic heterocycles. The van der Waals surface area contributed by atoms with E-state index in [1.165, 1.54) is 12.8 Å². The second kappa shape index (κ2) is 5.07. The number of nitrogens with one attached hydrogen (secondary N) is 1. The van der Waals surface area contributed by atoms with Crippen molar-refractivity contribution >= 4 is 5.95 Å². The van der Waals surface area contributed by atoms with Crippen molar-refractivity contribution in [2.45, 2.75) is 19.8 Å². The number of hydrogen-bond donors (Lipinski definition) is 1. The monoisotopic (exact) mass is 207 g/mol. The van der Waals surface area contributed by atoms with Crippen molar-refractivity contribution in [1.29, 1.82) is 0 Å². The summed E-state index contributed by atoms with van der Waals surface area (Å²) in [6.07, 6.45) is 6.30. The molecular formula is C11H17N3O. The number of anilines is 1. The maximum Gasteiger partial charge on any atom is 0.222 e. The third-order valence-electron chi connectivity index (χ3n) is 2.36. The van der Waals surface area contributed by atoms with Crippen LogP contribution in [-0.2, 0) is 4.74 Å². The van der Waals surface area contributed by atoms with Crippen molar-refractivity contribution < 1.29 is 4.74 Å². The Bertz CT molecular complexity index is 295. The smallest absolute Gasteiger partial charge is 0.222 e. The first-order valence-corrected chi connectivity index (χ1v) is 5.45. The summed E-state index contributed by atoms with van der Waals surface area (Å²) in [6, 6.07) is 0. The van der Waals surface area contributed by atoms with Crippen LogP contribution in [0.3, 0.4) is 0 Å². The number of nitrogens with zero attached hydrogens (tertiary/aromatic N) is 2. The SMILES string of the molecule is Cc1cnc(NCCOCC2CC2)nc1. The Hall–Kier alpha value is -1.16. The molecule has 1 aliphatic rings. The number of hydrogen-bond acceptors (Lipinski definition) is 4. The highest BCUT2D eigenvalue weighted by atomic mass is 16.5. The van der Waals surface area contributed by atoms with E-state index < -0.39 is 0 Å². The van der Waals surface area contributed by atoms with Gasteiger partial charge in [0.25, 0.3) is 0 Å². The molecular weight excluding hydrogens is 190 g/mol. The molecule has 0 aromatic carbocycles. The van der Waals surface area contributed by atoms with Gasteiger partial charge in [-0.15, -0.1) is 0 Å². The van der Waals surface area contributed by atoms with Gasteiger partial charge in [0.2, 0.25) is 5.95 Å². The molecule has 0 aliphatic heterocycles. The van der Waals surface area contributed by atoms with Gasteiger partial charge in [0.15, 0.2) is 0 Å². The fourth-order valence-corrected chi connectivity index (χ4v) is 1.25. The van der Waals surface area contributed by atoms with Crippen LogP contribution in [0.4, 0.5) is 5.95 Å². The highest BCUT2D eigenvalue weighted by Gasteiger charge is 2.20. The molecule has 0 unspecified atom stereocenters. The first-order valence-electron chi connectivity index (χ1n) is 5.45. The largest absolute Gasteiger partial charge is 0.379 e. The molecule has 82 valence electrons. The van der Waals surface area contributed by atoms with E-state index in [0.29, 0.717) is 5.95 Å². The summed E-state index contributed by atoms with van der Waals surface area (Å²) in [5.74, 6) is 1.51. The first kappa shape index (κ1) is 10.4. The normalized spacial score (nSPS) is 15.3. The zero-order valence-corrected chi connectivity index (χ0v) is 9.07. The van der Waals surface area contributed by atoms with E-state index in [0.717, 1.165) is 31.2 Å². The van der Waals surface area contributed by atoms with E-state index in [1.54, 1.807) is 12.4 Å². The molecule has 0 atom stereocenters. The molecule has 1 saturated carbocycles. The summed E-state index contributed by atoms with van der Waals surface area (Å²) in [5, 5.41) is 3.12. The Balaban J connectivity index is 1.58. The van der Waals surface area contributed by atoms with Gasteiger partial charge < -0.3 is 10.1 Å². The topological polar surface area (TPSA) is 47.0 Å². The van der Waals surface area contributed by atoms with E-state index in [4.69, 9.17) is 4.74 Å². The molecule has 0 amide bonds. The average Bonchev–Trinajstić information content (AvgIpc) is 3.04. The predicted molar refractivity (Wildman–Crippen MR) is 58.8 cm³/mol. The second-order valence-corrected chi connectivity index (χ2v) is 4.03. The van der Waals surface area contributed by atoms with Crippen LogP contribution >= 0.6 is 0 Å². The number of aryl methyl sites for hydroxylation is 1. The molecule has 4 nitrogen and oxygen atoms in total. The molecule has 0 spiro atoms. The summed E-state index contributed by atoms with van der Waals surface area (Å²) in [7, 11) is 0. The maximum atomic E-state index is 5.48. The lowest BCUT2D eigenvalue weighted by Gasteiger charge is -2.05. The van der Waals surface area contributed by atoms with Gasteiger partial charge in [0.05, 0.1) is 6.61 Å². The van der Waals surface area contributed by atoms with Crippen molar-refractivity contribution in [2.24, 2.45) is 5.92 Å². The predicted octanol–water partition coefficient (Wildman–Crippen LogP) is 1.62. The minimum Gasteiger partial charge on any atom is -0.379 e. The van der Waals surface area contributed by atoms with Crippen molar-refractivity contribution in [1.82, 2.24) is 9.97 Å². The third kappa shape index (κ3) is 3.83. The van der Waals surface area contributed by atoms with E-state index in [-0.39, 0.29) is 0 Å². The Kier molecular flexibility index (Phi) is 3.50. The minimum absolute atomic E-state index is 0.677. The lowest BCUT2D eigenvalue weighted by Crippen LogP contribution is -2.12. The molecule has 1 heterocycles. The van der Waals surface area contributed by atoms with Gasteiger partial charge in [0.1, 0.15) is 0 Å². The molecule has 0 radical (unpaired) electrons. The van der Waals surface area contributed by atoms with Gasteiger partial charge in [-0.05, 0) is 31.2 Å². The second-order valence-electron chi connectivity index (χ2n) is 4.03. The summed E-state index contributed by atoms with van der Waals surface area (Å²) in [6.45, 7) is 4.39. The molecule has 1 fully saturated rings. The van der Waals surface area contributed by atoms with Gasteiger partial charge in [-0.1, -0.05) is 0 Å². The number of ether oxygens (including phenoxy) is 1. The van der Waals surface area contributed by atoms with E-state index in [9.17, 15) is 0 Å². The van der Waals surface area contributed by atoms with Gasteiger partial charge in [-0.3, -0.25) is 0 Å². The van der Waals surface area contributed by atoms with Gasteiger partial charge in [-0.25, -0.2) is 9.97 Å². The van der Waals surface area contributed by atoms with E-state index in [2.05, 4.69) is 15.3 Å². The van der Waals surface area contributed by atoms with Crippen LogP contribution < -0.4 is 5.32 Å². The van der Waals surface area contributed by atoms with Crippen molar-refractivity contribution in [3.8, 4) is 0 Å². The lowest BCUT2D eigenvalue weighted by molar-refractivity contribution is 0.133. The standard InChI is InChI=1S/C11H17N3O/c1-9-6-13-11(14-7-9)12-4-5-15-8-10-2-3-10/h6-7,10H,2-5,8H2,1H3,(H,12,13,14). The van der Waals surface area contributed by atoms with Gasteiger partial charge in [0, 0.05) is 25.5 Å². The Labute approximate surface area is 90.1 Å². The van der Waals surface area contributed by atoms with Crippen LogP contribution in [0.1, 0.15) is 18.4 Å². The van der Waals surface area contributed by atoms with Crippen LogP contribution in [0.25, 0.3) is 0 Å². The highest BCUT2D eigenvalue weighted by molar-refractivity contribution is 5.23. The Morgan fingerprint density at radius 3 is 2.80 bits per heavy atom. The zero-order chi connectivity index (χ0) is 10.5. The molecule has 0 bridgehead atoms. The molecule has 1 N–H and O–H groups in total. The first-order chi connectivity index (χ1) is 7.34. The summed E-state index contributed by atoms with van der Waals surface area (Å²) in [4.78, 5) is 8.29. The molecule has 4 heteroatoms. The summed E-state index contributed by atoms with van der Waals surface area (Å²) >= 11 is 0. The summed E-state index contributed by atoms with van der Waals surface area (Å²) in [5.41, 5.74) is 1.07. The van der Waals surface area contributed by atoms with Crippen LogP contribution in [-0.4, -0.2) is 29.7 Å². The lowest BCUT2D eigenvalue weighted by atomic mass is 10.4. The molecule has 0 saturated heterocycles. The van der Waals surface area contributed by atoms with E-state index in [1.807, 2.05) is 6.92 Å².